The van der Waals surface area contributed by atoms with E-state index >= 15 is 0 Å². The van der Waals surface area contributed by atoms with E-state index in [1.54, 1.807) is 30.3 Å². The molecule has 0 saturated heterocycles. The monoisotopic (exact) mass is 787 g/mol. The minimum absolute atomic E-state index is 0.0299. The summed E-state index contributed by atoms with van der Waals surface area (Å²) in [6.45, 7) is 4.37. The number of hydrogen-bond acceptors (Lipinski definition) is 8. The minimum Gasteiger partial charge on any atom is -0.480 e. The van der Waals surface area contributed by atoms with Crippen molar-refractivity contribution in [1.82, 2.24) is 21.3 Å². The number of carbonyl (C=O) groups is 5. The number of carbonyl (C=O) groups excluding carboxylic acids is 4. The third kappa shape index (κ3) is 24.0. The summed E-state index contributed by atoms with van der Waals surface area (Å²) in [6, 6.07) is 4.04. The topological polar surface area (TPSA) is 226 Å². The molecule has 0 spiro atoms. The van der Waals surface area contributed by atoms with Crippen molar-refractivity contribution < 1.29 is 34.2 Å². The van der Waals surface area contributed by atoms with Crippen LogP contribution >= 0.6 is 0 Å². The zero-order chi connectivity index (χ0) is 41.4. The van der Waals surface area contributed by atoms with Crippen LogP contribution in [0, 0.1) is 0 Å². The van der Waals surface area contributed by atoms with E-state index in [2.05, 4.69) is 40.3 Å². The molecule has 5 atom stereocenters. The third-order valence-electron chi connectivity index (χ3n) is 9.80. The lowest BCUT2D eigenvalue weighted by atomic mass is 10.0. The van der Waals surface area contributed by atoms with Gasteiger partial charge in [0.1, 0.15) is 24.2 Å². The molecule has 0 aliphatic heterocycles. The largest absolute Gasteiger partial charge is 0.480 e. The highest BCUT2D eigenvalue weighted by Crippen LogP contribution is 2.12. The Morgan fingerprint density at radius 2 is 1.14 bits per heavy atom. The fourth-order valence-electron chi connectivity index (χ4n) is 6.39. The summed E-state index contributed by atoms with van der Waals surface area (Å²) in [5, 5.41) is 30.9. The first-order valence-electron chi connectivity index (χ1n) is 21.2. The molecule has 0 aliphatic rings. The van der Waals surface area contributed by atoms with Gasteiger partial charge in [-0.25, -0.2) is 4.79 Å². The molecule has 56 heavy (non-hydrogen) atoms. The normalized spacial score (nSPS) is 14.0. The van der Waals surface area contributed by atoms with Crippen LogP contribution in [0.25, 0.3) is 0 Å². The Balaban J connectivity index is 2.77. The summed E-state index contributed by atoms with van der Waals surface area (Å²) >= 11 is 0. The Morgan fingerprint density at radius 3 is 1.70 bits per heavy atom. The number of allylic oxidation sites excluding steroid dienone is 2. The molecule has 0 bridgehead atoms. The number of benzene rings is 1. The average Bonchev–Trinajstić information content (AvgIpc) is 3.17. The maximum atomic E-state index is 13.6. The highest BCUT2D eigenvalue weighted by Gasteiger charge is 2.33. The summed E-state index contributed by atoms with van der Waals surface area (Å²) in [7, 11) is 0. The molecule has 10 N–H and O–H groups in total. The van der Waals surface area contributed by atoms with Gasteiger partial charge in [-0.3, -0.25) is 19.2 Å². The van der Waals surface area contributed by atoms with Crippen molar-refractivity contribution in [3.63, 3.8) is 0 Å². The lowest BCUT2D eigenvalue weighted by Crippen LogP contribution is -2.60. The number of carboxylic acids is 1. The molecule has 1 aromatic rings. The van der Waals surface area contributed by atoms with Crippen molar-refractivity contribution in [2.75, 3.05) is 13.1 Å². The Hall–Kier alpha value is -3.81. The average molecular weight is 787 g/mol. The van der Waals surface area contributed by atoms with Crippen LogP contribution in [0.4, 0.5) is 0 Å². The van der Waals surface area contributed by atoms with Crippen molar-refractivity contribution in [3.05, 3.63) is 48.0 Å². The summed E-state index contributed by atoms with van der Waals surface area (Å²) in [5.41, 5.74) is 11.9. The number of aliphatic carboxylic acids is 1. The Morgan fingerprint density at radius 1 is 0.625 bits per heavy atom. The smallest absolute Gasteiger partial charge is 0.326 e. The van der Waals surface area contributed by atoms with Crippen molar-refractivity contribution in [3.8, 4) is 0 Å². The van der Waals surface area contributed by atoms with Crippen molar-refractivity contribution in [2.45, 2.75) is 179 Å². The number of unbranched alkanes of at least 4 members (excludes halogenated alkanes) is 13. The highest BCUT2D eigenvalue weighted by atomic mass is 16.4. The molecule has 318 valence electrons. The van der Waals surface area contributed by atoms with Crippen LogP contribution in [0.3, 0.4) is 0 Å². The fourth-order valence-corrected chi connectivity index (χ4v) is 6.39. The Kier molecular flexibility index (Phi) is 29.0. The highest BCUT2D eigenvalue weighted by molar-refractivity contribution is 5.95. The molecular formula is C43H74N6O7. The van der Waals surface area contributed by atoms with E-state index in [4.69, 9.17) is 11.5 Å². The molecule has 0 heterocycles. The molecule has 1 aromatic carbocycles. The van der Waals surface area contributed by atoms with E-state index in [9.17, 15) is 34.2 Å². The molecule has 13 heteroatoms. The SMILES string of the molecule is CCCCCCCC/C=C/CCCCCCCC(=O)N[C@@H](CCCCN)C(=O)N[C@H](C(=O)N[C@@H](Cc1ccccc1)C(=O)N[C@@H](CCCCN)C(=O)O)[C@@H](C)O. The Labute approximate surface area is 336 Å². The lowest BCUT2D eigenvalue weighted by Gasteiger charge is -2.27. The van der Waals surface area contributed by atoms with E-state index in [-0.39, 0.29) is 31.6 Å². The van der Waals surface area contributed by atoms with Gasteiger partial charge in [0.15, 0.2) is 0 Å². The van der Waals surface area contributed by atoms with Gasteiger partial charge in [-0.05, 0) is 96.2 Å². The van der Waals surface area contributed by atoms with Gasteiger partial charge in [0.25, 0.3) is 0 Å². The molecule has 0 fully saturated rings. The standard InChI is InChI=1S/C43H74N6O7/c1-3-4-5-6-7-8-9-10-11-12-13-14-15-16-20-29-38(51)46-35(27-21-23-30-44)40(52)49-39(33(2)50)42(54)48-37(32-34-25-18-17-19-26-34)41(53)47-36(43(55)56)28-22-24-31-45/h10-11,17-19,25-26,33,35-37,39,50H,3-9,12-16,20-24,27-32,44-45H2,1-2H3,(H,46,51)(H,47,53)(H,48,54)(H,49,52)(H,55,56)/b11-10+/t33-,35+,36+,37+,39+/m1/s1. The van der Waals surface area contributed by atoms with Gasteiger partial charge in [-0.15, -0.1) is 0 Å². The first-order valence-corrected chi connectivity index (χ1v) is 21.2. The van der Waals surface area contributed by atoms with E-state index in [1.165, 1.54) is 45.4 Å². The zero-order valence-electron chi connectivity index (χ0n) is 34.3. The maximum Gasteiger partial charge on any atom is 0.326 e. The van der Waals surface area contributed by atoms with E-state index in [0.717, 1.165) is 38.5 Å². The van der Waals surface area contributed by atoms with Gasteiger partial charge in [-0.1, -0.05) is 101 Å². The molecule has 0 radical (unpaired) electrons. The quantitative estimate of drug-likeness (QED) is 0.0350. The summed E-state index contributed by atoms with van der Waals surface area (Å²) in [4.78, 5) is 65.5. The van der Waals surface area contributed by atoms with Gasteiger partial charge < -0.3 is 42.9 Å². The second-order valence-electron chi connectivity index (χ2n) is 14.9. The van der Waals surface area contributed by atoms with Crippen molar-refractivity contribution in [1.29, 1.82) is 0 Å². The molecule has 0 aliphatic carbocycles. The maximum absolute atomic E-state index is 13.6. The second-order valence-corrected chi connectivity index (χ2v) is 14.9. The van der Waals surface area contributed by atoms with Gasteiger partial charge >= 0.3 is 5.97 Å². The first-order chi connectivity index (χ1) is 27.0. The van der Waals surface area contributed by atoms with Crippen LogP contribution in [0.2, 0.25) is 0 Å². The van der Waals surface area contributed by atoms with Crippen molar-refractivity contribution in [2.24, 2.45) is 11.5 Å². The van der Waals surface area contributed by atoms with Gasteiger partial charge in [0.05, 0.1) is 6.10 Å². The molecular weight excluding hydrogens is 713 g/mol. The van der Waals surface area contributed by atoms with Crippen LogP contribution in [-0.4, -0.2) is 83.2 Å². The van der Waals surface area contributed by atoms with Crippen LogP contribution < -0.4 is 32.7 Å². The number of nitrogens with two attached hydrogens (primary N) is 2. The van der Waals surface area contributed by atoms with Crippen LogP contribution in [0.15, 0.2) is 42.5 Å². The summed E-state index contributed by atoms with van der Waals surface area (Å²) in [6.07, 6.45) is 21.1. The summed E-state index contributed by atoms with van der Waals surface area (Å²) < 4.78 is 0. The molecule has 0 aromatic heterocycles. The van der Waals surface area contributed by atoms with E-state index in [1.807, 2.05) is 0 Å². The van der Waals surface area contributed by atoms with Crippen molar-refractivity contribution >= 4 is 29.6 Å². The van der Waals surface area contributed by atoms with Gasteiger partial charge in [0, 0.05) is 12.8 Å². The fraction of sp³-hybridized carbons (Fsp3) is 0.698. The second kappa shape index (κ2) is 32.3. The van der Waals surface area contributed by atoms with E-state index in [0.29, 0.717) is 50.8 Å². The number of carboxylic acid groups (broad SMARTS) is 1. The molecule has 0 unspecified atom stereocenters. The predicted molar refractivity (Wildman–Crippen MR) is 222 cm³/mol. The lowest BCUT2D eigenvalue weighted by molar-refractivity contribution is -0.142. The number of nitrogens with one attached hydrogen (secondary N) is 4. The van der Waals surface area contributed by atoms with Gasteiger partial charge in [-0.2, -0.15) is 0 Å². The number of hydrogen-bond donors (Lipinski definition) is 8. The van der Waals surface area contributed by atoms with Gasteiger partial charge in [0.2, 0.25) is 23.6 Å². The molecule has 13 nitrogen and oxygen atoms in total. The number of aliphatic hydroxyl groups is 1. The number of amides is 4. The van der Waals surface area contributed by atoms with Crippen LogP contribution in [0.5, 0.6) is 0 Å². The zero-order valence-corrected chi connectivity index (χ0v) is 34.3. The van der Waals surface area contributed by atoms with Crippen LogP contribution in [0.1, 0.15) is 148 Å². The first kappa shape index (κ1) is 50.2. The molecule has 0 saturated carbocycles. The molecule has 4 amide bonds. The number of aliphatic hydroxyl groups excluding tert-OH is 1. The Bertz CT molecular complexity index is 1260. The number of rotatable bonds is 34. The predicted octanol–water partition coefficient (Wildman–Crippen LogP) is 4.93. The van der Waals surface area contributed by atoms with E-state index < -0.39 is 54.0 Å². The minimum atomic E-state index is -1.47. The summed E-state index contributed by atoms with van der Waals surface area (Å²) in [5.74, 6) is -3.68. The molecule has 1 rings (SSSR count). The third-order valence-corrected chi connectivity index (χ3v) is 9.80. The van der Waals surface area contributed by atoms with Crippen LogP contribution in [-0.2, 0) is 30.4 Å².